The van der Waals surface area contributed by atoms with Crippen LogP contribution >= 0.6 is 0 Å². The standard InChI is InChI=1S/C22H30N4O4S/c1-22(2,3)30-21(27)26-13-11-17(12-14-26)23-15-18-7-10-20(25-24-18)16-5-8-19(9-6-16)31(4,28)29/h5-10,17,23H,11-15H2,1-4H3. The van der Waals surface area contributed by atoms with Gasteiger partial charge in [-0.25, -0.2) is 13.2 Å². The van der Waals surface area contributed by atoms with Gasteiger partial charge in [-0.2, -0.15) is 10.2 Å². The van der Waals surface area contributed by atoms with E-state index in [0.29, 0.717) is 31.4 Å². The molecular formula is C22H30N4O4S. The van der Waals surface area contributed by atoms with Gasteiger partial charge in [-0.05, 0) is 57.9 Å². The number of amides is 1. The van der Waals surface area contributed by atoms with Crippen LogP contribution in [0, 0.1) is 0 Å². The van der Waals surface area contributed by atoms with Crippen molar-refractivity contribution in [2.75, 3.05) is 19.3 Å². The van der Waals surface area contributed by atoms with Crippen LogP contribution in [0.15, 0.2) is 41.3 Å². The molecule has 1 N–H and O–H groups in total. The van der Waals surface area contributed by atoms with Gasteiger partial charge in [-0.1, -0.05) is 12.1 Å². The number of nitrogens with zero attached hydrogens (tertiary/aromatic N) is 3. The molecule has 1 fully saturated rings. The zero-order valence-corrected chi connectivity index (χ0v) is 19.3. The van der Waals surface area contributed by atoms with E-state index >= 15 is 0 Å². The average Bonchev–Trinajstić information content (AvgIpc) is 2.71. The van der Waals surface area contributed by atoms with Gasteiger partial charge in [-0.15, -0.1) is 0 Å². The van der Waals surface area contributed by atoms with E-state index in [1.807, 2.05) is 32.9 Å². The highest BCUT2D eigenvalue weighted by molar-refractivity contribution is 7.90. The molecule has 1 saturated heterocycles. The molecule has 0 unspecified atom stereocenters. The van der Waals surface area contributed by atoms with Crippen LogP contribution in [-0.4, -0.2) is 60.6 Å². The summed E-state index contributed by atoms with van der Waals surface area (Å²) in [6, 6.07) is 10.7. The monoisotopic (exact) mass is 446 g/mol. The minimum atomic E-state index is -3.22. The number of aromatic nitrogens is 2. The van der Waals surface area contributed by atoms with E-state index in [1.165, 1.54) is 6.26 Å². The Hall–Kier alpha value is -2.52. The van der Waals surface area contributed by atoms with E-state index in [-0.39, 0.29) is 11.0 Å². The minimum absolute atomic E-state index is 0.253. The normalized spacial score (nSPS) is 15.7. The third kappa shape index (κ3) is 6.73. The van der Waals surface area contributed by atoms with E-state index in [2.05, 4.69) is 15.5 Å². The summed E-state index contributed by atoms with van der Waals surface area (Å²) in [5.74, 6) is 0. The van der Waals surface area contributed by atoms with Crippen LogP contribution in [0.3, 0.4) is 0 Å². The first-order valence-corrected chi connectivity index (χ1v) is 12.2. The number of benzene rings is 1. The van der Waals surface area contributed by atoms with Crippen molar-refractivity contribution in [3.8, 4) is 11.3 Å². The molecule has 31 heavy (non-hydrogen) atoms. The van der Waals surface area contributed by atoms with Crippen molar-refractivity contribution in [2.24, 2.45) is 0 Å². The number of carbonyl (C=O) groups is 1. The van der Waals surface area contributed by atoms with E-state index in [0.717, 1.165) is 24.1 Å². The Bertz CT molecular complexity index is 991. The van der Waals surface area contributed by atoms with Gasteiger partial charge >= 0.3 is 6.09 Å². The van der Waals surface area contributed by atoms with Crippen molar-refractivity contribution in [2.45, 2.75) is 56.7 Å². The summed E-state index contributed by atoms with van der Waals surface area (Å²) >= 11 is 0. The lowest BCUT2D eigenvalue weighted by Gasteiger charge is -2.33. The molecule has 1 aromatic carbocycles. The topological polar surface area (TPSA) is 101 Å². The predicted molar refractivity (Wildman–Crippen MR) is 118 cm³/mol. The fraction of sp³-hybridized carbons (Fsp3) is 0.500. The summed E-state index contributed by atoms with van der Waals surface area (Å²) in [4.78, 5) is 14.2. The molecule has 0 aliphatic carbocycles. The lowest BCUT2D eigenvalue weighted by atomic mass is 10.1. The second kappa shape index (κ2) is 9.32. The van der Waals surface area contributed by atoms with Crippen molar-refractivity contribution in [3.63, 3.8) is 0 Å². The number of hydrogen-bond acceptors (Lipinski definition) is 7. The van der Waals surface area contributed by atoms with E-state index < -0.39 is 15.4 Å². The van der Waals surface area contributed by atoms with Gasteiger partial charge < -0.3 is 15.0 Å². The zero-order chi connectivity index (χ0) is 22.6. The summed E-state index contributed by atoms with van der Waals surface area (Å²) in [5.41, 5.74) is 1.85. The molecule has 2 heterocycles. The number of nitrogens with one attached hydrogen (secondary N) is 1. The first-order valence-electron chi connectivity index (χ1n) is 10.4. The Kier molecular flexibility index (Phi) is 6.96. The highest BCUT2D eigenvalue weighted by atomic mass is 32.2. The summed E-state index contributed by atoms with van der Waals surface area (Å²) in [6.45, 7) is 7.54. The van der Waals surface area contributed by atoms with Gasteiger partial charge in [0, 0.05) is 37.5 Å². The van der Waals surface area contributed by atoms with Crippen molar-refractivity contribution in [1.82, 2.24) is 20.4 Å². The Balaban J connectivity index is 1.48. The van der Waals surface area contributed by atoms with E-state index in [1.54, 1.807) is 29.2 Å². The predicted octanol–water partition coefficient (Wildman–Crippen LogP) is 3.04. The number of hydrogen-bond donors (Lipinski definition) is 1. The number of carbonyl (C=O) groups excluding carboxylic acids is 1. The second-order valence-corrected chi connectivity index (χ2v) is 10.8. The third-order valence-electron chi connectivity index (χ3n) is 5.02. The molecule has 0 radical (unpaired) electrons. The van der Waals surface area contributed by atoms with Gasteiger partial charge in [0.25, 0.3) is 0 Å². The molecule has 9 heteroatoms. The summed E-state index contributed by atoms with van der Waals surface area (Å²) < 4.78 is 28.6. The van der Waals surface area contributed by atoms with Crippen molar-refractivity contribution < 1.29 is 17.9 Å². The molecule has 8 nitrogen and oxygen atoms in total. The first-order chi connectivity index (χ1) is 14.5. The maximum atomic E-state index is 12.2. The number of piperidine rings is 1. The molecule has 3 rings (SSSR count). The van der Waals surface area contributed by atoms with Crippen LogP contribution in [0.2, 0.25) is 0 Å². The van der Waals surface area contributed by atoms with Gasteiger partial charge in [0.2, 0.25) is 0 Å². The lowest BCUT2D eigenvalue weighted by molar-refractivity contribution is 0.0198. The quantitative estimate of drug-likeness (QED) is 0.753. The zero-order valence-electron chi connectivity index (χ0n) is 18.5. The van der Waals surface area contributed by atoms with Crippen LogP contribution < -0.4 is 5.32 Å². The SMILES string of the molecule is CC(C)(C)OC(=O)N1CCC(NCc2ccc(-c3ccc(S(C)(=O)=O)cc3)nn2)CC1. The smallest absolute Gasteiger partial charge is 0.410 e. The molecular weight excluding hydrogens is 416 g/mol. The van der Waals surface area contributed by atoms with Crippen molar-refractivity contribution in [3.05, 3.63) is 42.1 Å². The molecule has 1 aliphatic rings. The third-order valence-corrected chi connectivity index (χ3v) is 6.14. The highest BCUT2D eigenvalue weighted by Crippen LogP contribution is 2.19. The maximum Gasteiger partial charge on any atom is 0.410 e. The Morgan fingerprint density at radius 3 is 2.26 bits per heavy atom. The largest absolute Gasteiger partial charge is 0.444 e. The summed E-state index contributed by atoms with van der Waals surface area (Å²) in [6.07, 6.45) is 2.65. The maximum absolute atomic E-state index is 12.2. The fourth-order valence-electron chi connectivity index (χ4n) is 3.32. The molecule has 168 valence electrons. The summed E-state index contributed by atoms with van der Waals surface area (Å²) in [5, 5.41) is 12.0. The van der Waals surface area contributed by atoms with Crippen LogP contribution in [0.4, 0.5) is 4.79 Å². The van der Waals surface area contributed by atoms with Gasteiger partial charge in [0.1, 0.15) is 5.60 Å². The molecule has 1 amide bonds. The molecule has 0 atom stereocenters. The number of ether oxygens (including phenoxy) is 1. The molecule has 0 saturated carbocycles. The van der Waals surface area contributed by atoms with Crippen LogP contribution in [0.1, 0.15) is 39.3 Å². The Morgan fingerprint density at radius 2 is 1.74 bits per heavy atom. The molecule has 2 aromatic rings. The molecule has 0 spiro atoms. The first kappa shape index (κ1) is 23.1. The van der Waals surface area contributed by atoms with Gasteiger partial charge in [-0.3, -0.25) is 0 Å². The van der Waals surface area contributed by atoms with Gasteiger partial charge in [0.05, 0.1) is 16.3 Å². The second-order valence-electron chi connectivity index (χ2n) is 8.83. The van der Waals surface area contributed by atoms with E-state index in [4.69, 9.17) is 4.74 Å². The summed E-state index contributed by atoms with van der Waals surface area (Å²) in [7, 11) is -3.22. The number of likely N-dealkylation sites (tertiary alicyclic amines) is 1. The number of rotatable bonds is 5. The van der Waals surface area contributed by atoms with Crippen molar-refractivity contribution in [1.29, 1.82) is 0 Å². The van der Waals surface area contributed by atoms with Crippen LogP contribution in [0.25, 0.3) is 11.3 Å². The highest BCUT2D eigenvalue weighted by Gasteiger charge is 2.26. The molecule has 0 bridgehead atoms. The van der Waals surface area contributed by atoms with E-state index in [9.17, 15) is 13.2 Å². The fourth-order valence-corrected chi connectivity index (χ4v) is 3.95. The van der Waals surface area contributed by atoms with Crippen LogP contribution in [-0.2, 0) is 21.1 Å². The average molecular weight is 447 g/mol. The van der Waals surface area contributed by atoms with Crippen LogP contribution in [0.5, 0.6) is 0 Å². The molecule has 1 aromatic heterocycles. The molecule has 1 aliphatic heterocycles. The minimum Gasteiger partial charge on any atom is -0.444 e. The Labute approximate surface area is 183 Å². The van der Waals surface area contributed by atoms with Gasteiger partial charge in [0.15, 0.2) is 9.84 Å². The number of sulfone groups is 1. The Morgan fingerprint density at radius 1 is 1.10 bits per heavy atom. The lowest BCUT2D eigenvalue weighted by Crippen LogP contribution is -2.46. The van der Waals surface area contributed by atoms with Crippen molar-refractivity contribution >= 4 is 15.9 Å².